The Bertz CT molecular complexity index is 656. The van der Waals surface area contributed by atoms with Gasteiger partial charge in [0.2, 0.25) is 5.95 Å². The molecule has 0 aliphatic carbocycles. The molecule has 1 aromatic carbocycles. The lowest BCUT2D eigenvalue weighted by Crippen LogP contribution is -2.43. The van der Waals surface area contributed by atoms with Crippen molar-refractivity contribution in [2.24, 2.45) is 0 Å². The number of pyridine rings is 1. The van der Waals surface area contributed by atoms with Crippen LogP contribution in [-0.4, -0.2) is 31.2 Å². The van der Waals surface area contributed by atoms with Gasteiger partial charge in [0.1, 0.15) is 11.6 Å². The van der Waals surface area contributed by atoms with Crippen molar-refractivity contribution >= 4 is 16.6 Å². The molecule has 96 valence electrons. The lowest BCUT2D eigenvalue weighted by Gasteiger charge is -2.29. The number of anilines is 1. The summed E-state index contributed by atoms with van der Waals surface area (Å²) in [6, 6.07) is 9.11. The first kappa shape index (κ1) is 11.9. The van der Waals surface area contributed by atoms with Crippen LogP contribution in [0.1, 0.15) is 5.56 Å². The van der Waals surface area contributed by atoms with Crippen molar-refractivity contribution in [3.63, 3.8) is 0 Å². The first-order valence-corrected chi connectivity index (χ1v) is 6.24. The maximum absolute atomic E-state index is 13.5. The molecule has 19 heavy (non-hydrogen) atoms. The summed E-state index contributed by atoms with van der Waals surface area (Å²) in [5.74, 6) is -0.701. The third kappa shape index (κ3) is 2.23. The van der Waals surface area contributed by atoms with Gasteiger partial charge in [-0.3, -0.25) is 0 Å². The highest BCUT2D eigenvalue weighted by Gasteiger charge is 2.12. The normalized spacial score (nSPS) is 15.5. The number of hydrogen-bond donors (Lipinski definition) is 1. The lowest BCUT2D eigenvalue weighted by atomic mass is 10.1. The molecule has 0 bridgehead atoms. The second kappa shape index (κ2) is 4.82. The van der Waals surface area contributed by atoms with E-state index in [0.29, 0.717) is 5.52 Å². The standard InChI is InChI=1S/C14H13FN4/c15-14-11(9-16)7-10-1-2-12(8-13(10)18-14)19-5-3-17-4-6-19/h1-2,7-8,17H,3-6H2. The van der Waals surface area contributed by atoms with E-state index in [4.69, 9.17) is 5.26 Å². The molecule has 0 atom stereocenters. The highest BCUT2D eigenvalue weighted by atomic mass is 19.1. The first-order chi connectivity index (χ1) is 9.28. The molecule has 0 radical (unpaired) electrons. The average Bonchev–Trinajstić information content (AvgIpc) is 2.47. The van der Waals surface area contributed by atoms with Gasteiger partial charge >= 0.3 is 0 Å². The van der Waals surface area contributed by atoms with E-state index < -0.39 is 5.95 Å². The molecule has 0 saturated carbocycles. The van der Waals surface area contributed by atoms with Gasteiger partial charge in [0, 0.05) is 37.3 Å². The van der Waals surface area contributed by atoms with E-state index in [1.807, 2.05) is 24.3 Å². The van der Waals surface area contributed by atoms with Crippen molar-refractivity contribution in [1.82, 2.24) is 10.3 Å². The largest absolute Gasteiger partial charge is 0.369 e. The molecule has 1 aliphatic heterocycles. The van der Waals surface area contributed by atoms with E-state index in [-0.39, 0.29) is 5.56 Å². The Morgan fingerprint density at radius 2 is 2.05 bits per heavy atom. The van der Waals surface area contributed by atoms with Crippen LogP contribution < -0.4 is 10.2 Å². The summed E-state index contributed by atoms with van der Waals surface area (Å²) in [5, 5.41) is 12.9. The molecule has 0 amide bonds. The molecular weight excluding hydrogens is 243 g/mol. The van der Waals surface area contributed by atoms with Crippen molar-refractivity contribution in [2.45, 2.75) is 0 Å². The Kier molecular flexibility index (Phi) is 3.02. The van der Waals surface area contributed by atoms with Crippen molar-refractivity contribution in [1.29, 1.82) is 5.26 Å². The van der Waals surface area contributed by atoms with Crippen LogP contribution >= 0.6 is 0 Å². The van der Waals surface area contributed by atoms with Gasteiger partial charge in [0.25, 0.3) is 0 Å². The second-order valence-electron chi connectivity index (χ2n) is 4.55. The number of piperazine rings is 1. The number of benzene rings is 1. The number of nitrogens with one attached hydrogen (secondary N) is 1. The molecule has 4 nitrogen and oxygen atoms in total. The zero-order valence-electron chi connectivity index (χ0n) is 10.4. The summed E-state index contributed by atoms with van der Waals surface area (Å²) in [7, 11) is 0. The Morgan fingerprint density at radius 1 is 1.26 bits per heavy atom. The van der Waals surface area contributed by atoms with Crippen LogP contribution in [0.3, 0.4) is 0 Å². The Morgan fingerprint density at radius 3 is 2.79 bits per heavy atom. The van der Waals surface area contributed by atoms with Gasteiger partial charge in [-0.15, -0.1) is 0 Å². The zero-order chi connectivity index (χ0) is 13.2. The van der Waals surface area contributed by atoms with Crippen LogP contribution in [0.2, 0.25) is 0 Å². The predicted molar refractivity (Wildman–Crippen MR) is 71.5 cm³/mol. The minimum Gasteiger partial charge on any atom is -0.369 e. The summed E-state index contributed by atoms with van der Waals surface area (Å²) in [6.45, 7) is 3.77. The molecule has 5 heteroatoms. The van der Waals surface area contributed by atoms with Crippen LogP contribution in [0.25, 0.3) is 10.9 Å². The van der Waals surface area contributed by atoms with Gasteiger partial charge < -0.3 is 10.2 Å². The van der Waals surface area contributed by atoms with E-state index >= 15 is 0 Å². The summed E-state index contributed by atoms with van der Waals surface area (Å²) >= 11 is 0. The summed E-state index contributed by atoms with van der Waals surface area (Å²) in [6.07, 6.45) is 0. The van der Waals surface area contributed by atoms with Crippen molar-refractivity contribution in [2.75, 3.05) is 31.1 Å². The quantitative estimate of drug-likeness (QED) is 0.788. The number of aromatic nitrogens is 1. The molecule has 2 heterocycles. The Balaban J connectivity index is 2.03. The molecule has 0 unspecified atom stereocenters. The third-order valence-corrected chi connectivity index (χ3v) is 3.36. The fourth-order valence-corrected chi connectivity index (χ4v) is 2.33. The monoisotopic (exact) mass is 256 g/mol. The SMILES string of the molecule is N#Cc1cc2ccc(N3CCNCC3)cc2nc1F. The second-order valence-corrected chi connectivity index (χ2v) is 4.55. The number of nitrogens with zero attached hydrogens (tertiary/aromatic N) is 3. The summed E-state index contributed by atoms with van der Waals surface area (Å²) in [5.41, 5.74) is 1.63. The number of nitriles is 1. The third-order valence-electron chi connectivity index (χ3n) is 3.36. The molecular formula is C14H13FN4. The fourth-order valence-electron chi connectivity index (χ4n) is 2.33. The van der Waals surface area contributed by atoms with Crippen molar-refractivity contribution in [3.05, 3.63) is 35.8 Å². The molecule has 1 aromatic heterocycles. The summed E-state index contributed by atoms with van der Waals surface area (Å²) in [4.78, 5) is 6.11. The zero-order valence-corrected chi connectivity index (χ0v) is 10.4. The van der Waals surface area contributed by atoms with Crippen molar-refractivity contribution in [3.8, 4) is 6.07 Å². The van der Waals surface area contributed by atoms with Gasteiger partial charge in [-0.2, -0.15) is 9.65 Å². The molecule has 2 aromatic rings. The lowest BCUT2D eigenvalue weighted by molar-refractivity contribution is 0.584. The molecule has 1 N–H and O–H groups in total. The molecule has 0 spiro atoms. The number of fused-ring (bicyclic) bond motifs is 1. The maximum atomic E-state index is 13.5. The number of hydrogen-bond acceptors (Lipinski definition) is 4. The van der Waals surface area contributed by atoms with Gasteiger partial charge in [0.15, 0.2) is 0 Å². The van der Waals surface area contributed by atoms with Crippen LogP contribution in [-0.2, 0) is 0 Å². The Labute approximate surface area is 110 Å². The Hall–Kier alpha value is -2.19. The van der Waals surface area contributed by atoms with Gasteiger partial charge in [-0.25, -0.2) is 4.98 Å². The van der Waals surface area contributed by atoms with Gasteiger partial charge in [-0.05, 0) is 18.2 Å². The van der Waals surface area contributed by atoms with E-state index in [1.54, 1.807) is 6.07 Å². The molecule has 1 saturated heterocycles. The highest BCUT2D eigenvalue weighted by molar-refractivity contribution is 5.83. The topological polar surface area (TPSA) is 52.0 Å². The van der Waals surface area contributed by atoms with E-state index in [9.17, 15) is 4.39 Å². The maximum Gasteiger partial charge on any atom is 0.231 e. The predicted octanol–water partition coefficient (Wildman–Crippen LogP) is 1.66. The minimum absolute atomic E-state index is 0.0116. The average molecular weight is 256 g/mol. The van der Waals surface area contributed by atoms with Gasteiger partial charge in [0.05, 0.1) is 5.52 Å². The van der Waals surface area contributed by atoms with Crippen LogP contribution in [0.5, 0.6) is 0 Å². The van der Waals surface area contributed by atoms with E-state index in [0.717, 1.165) is 37.3 Å². The van der Waals surface area contributed by atoms with E-state index in [2.05, 4.69) is 15.2 Å². The van der Waals surface area contributed by atoms with E-state index in [1.165, 1.54) is 0 Å². The fraction of sp³-hybridized carbons (Fsp3) is 0.286. The first-order valence-electron chi connectivity index (χ1n) is 6.24. The summed E-state index contributed by atoms with van der Waals surface area (Å²) < 4.78 is 13.5. The minimum atomic E-state index is -0.701. The van der Waals surface area contributed by atoms with Crippen LogP contribution in [0.15, 0.2) is 24.3 Å². The van der Waals surface area contributed by atoms with Gasteiger partial charge in [-0.1, -0.05) is 6.07 Å². The molecule has 3 rings (SSSR count). The smallest absolute Gasteiger partial charge is 0.231 e. The molecule has 1 fully saturated rings. The molecule has 1 aliphatic rings. The van der Waals surface area contributed by atoms with Crippen LogP contribution in [0.4, 0.5) is 10.1 Å². The van der Waals surface area contributed by atoms with Crippen LogP contribution in [0, 0.1) is 17.3 Å². The van der Waals surface area contributed by atoms with Crippen molar-refractivity contribution < 1.29 is 4.39 Å². The highest BCUT2D eigenvalue weighted by Crippen LogP contribution is 2.22. The number of halogens is 1. The number of rotatable bonds is 1.